The number of aromatic nitrogens is 1. The number of nitrogens with zero attached hydrogens (tertiary/aromatic N) is 3. The highest BCUT2D eigenvalue weighted by molar-refractivity contribution is 9.10. The van der Waals surface area contributed by atoms with Gasteiger partial charge in [0, 0.05) is 39.2 Å². The maximum absolute atomic E-state index is 4.62. The predicted molar refractivity (Wildman–Crippen MR) is 98.7 cm³/mol. The van der Waals surface area contributed by atoms with Gasteiger partial charge in [-0.25, -0.2) is 0 Å². The largest absolute Gasteiger partial charge is 0.359 e. The fourth-order valence-corrected chi connectivity index (χ4v) is 5.01. The molecule has 0 saturated carbocycles. The summed E-state index contributed by atoms with van der Waals surface area (Å²) >= 11 is 3.78. The zero-order valence-corrected chi connectivity index (χ0v) is 14.9. The molecule has 1 aromatic heterocycles. The van der Waals surface area contributed by atoms with E-state index in [1.807, 2.05) is 0 Å². The van der Waals surface area contributed by atoms with Crippen LogP contribution in [-0.2, 0) is 0 Å². The molecule has 4 heteroatoms. The molecule has 2 aliphatic heterocycles. The van der Waals surface area contributed by atoms with Crippen molar-refractivity contribution in [1.29, 1.82) is 0 Å². The molecule has 0 spiro atoms. The molecular formula is C19H20BrN3. The molecule has 0 radical (unpaired) electrons. The Kier molecular flexibility index (Phi) is 2.99. The van der Waals surface area contributed by atoms with Gasteiger partial charge in [-0.1, -0.05) is 25.1 Å². The number of halogens is 1. The van der Waals surface area contributed by atoms with Gasteiger partial charge in [0.05, 0.1) is 24.6 Å². The third-order valence-electron chi connectivity index (χ3n) is 5.62. The van der Waals surface area contributed by atoms with Crippen molar-refractivity contribution in [1.82, 2.24) is 9.47 Å². The average Bonchev–Trinajstić information content (AvgIpc) is 2.86. The predicted octanol–water partition coefficient (Wildman–Crippen LogP) is 4.83. The van der Waals surface area contributed by atoms with Crippen LogP contribution >= 0.6 is 15.9 Å². The lowest BCUT2D eigenvalue weighted by molar-refractivity contribution is 0.262. The van der Waals surface area contributed by atoms with Crippen molar-refractivity contribution in [3.05, 3.63) is 40.1 Å². The van der Waals surface area contributed by atoms with Crippen LogP contribution in [0.25, 0.3) is 16.6 Å². The Bertz CT molecular complexity index is 861. The first-order chi connectivity index (χ1) is 11.2. The summed E-state index contributed by atoms with van der Waals surface area (Å²) in [5, 5.41) is 1.32. The number of allylic oxidation sites excluding steroid dienone is 2. The fourth-order valence-electron chi connectivity index (χ4n) is 4.48. The highest BCUT2D eigenvalue weighted by Crippen LogP contribution is 2.45. The molecular weight excluding hydrogens is 350 g/mol. The molecule has 2 aromatic rings. The minimum Gasteiger partial charge on any atom is -0.359 e. The summed E-state index contributed by atoms with van der Waals surface area (Å²) in [7, 11) is 0. The quantitative estimate of drug-likeness (QED) is 0.650. The Labute approximate surface area is 144 Å². The van der Waals surface area contributed by atoms with Gasteiger partial charge in [0.2, 0.25) is 0 Å². The third-order valence-corrected chi connectivity index (χ3v) is 6.25. The highest BCUT2D eigenvalue weighted by Gasteiger charge is 2.34. The van der Waals surface area contributed by atoms with Gasteiger partial charge in [-0.3, -0.25) is 4.99 Å². The van der Waals surface area contributed by atoms with Crippen molar-refractivity contribution in [3.8, 4) is 0 Å². The van der Waals surface area contributed by atoms with Crippen molar-refractivity contribution < 1.29 is 0 Å². The second-order valence-electron chi connectivity index (χ2n) is 7.05. The second-order valence-corrected chi connectivity index (χ2v) is 7.90. The molecule has 0 fully saturated rings. The van der Waals surface area contributed by atoms with Crippen molar-refractivity contribution in [2.75, 3.05) is 13.1 Å². The molecule has 2 atom stereocenters. The van der Waals surface area contributed by atoms with Crippen molar-refractivity contribution >= 4 is 38.7 Å². The normalized spacial score (nSPS) is 26.3. The number of aliphatic imine (C=N–C) groups is 1. The fraction of sp³-hybridized carbons (Fsp3) is 0.421. The van der Waals surface area contributed by atoms with Crippen LogP contribution in [0, 0.1) is 5.92 Å². The zero-order valence-electron chi connectivity index (χ0n) is 13.3. The van der Waals surface area contributed by atoms with E-state index in [0.29, 0.717) is 6.04 Å². The van der Waals surface area contributed by atoms with Gasteiger partial charge in [0.15, 0.2) is 0 Å². The van der Waals surface area contributed by atoms with Gasteiger partial charge in [-0.15, -0.1) is 0 Å². The maximum atomic E-state index is 4.62. The summed E-state index contributed by atoms with van der Waals surface area (Å²) in [4.78, 5) is 7.23. The number of hydrogen-bond donors (Lipinski definition) is 0. The first-order valence-electron chi connectivity index (χ1n) is 8.51. The monoisotopic (exact) mass is 369 g/mol. The Balaban J connectivity index is 1.86. The Morgan fingerprint density at radius 2 is 2.17 bits per heavy atom. The van der Waals surface area contributed by atoms with E-state index in [1.54, 1.807) is 5.70 Å². The van der Waals surface area contributed by atoms with E-state index in [2.05, 4.69) is 67.9 Å². The first-order valence-corrected chi connectivity index (χ1v) is 9.30. The van der Waals surface area contributed by atoms with E-state index in [0.717, 1.165) is 19.0 Å². The molecule has 118 valence electrons. The second kappa shape index (κ2) is 4.97. The number of fused-ring (bicyclic) bond motifs is 4. The zero-order chi connectivity index (χ0) is 15.6. The standard InChI is InChI=1S/C19H20BrN3/c1-12-5-6-16-17(9-12)22-8-7-21-10-18(22)14-4-2-3-13-15(20)11-23(16)19(13)14/h2-4,7,11-12,18H,5-6,8-10H2,1H3. The van der Waals surface area contributed by atoms with E-state index in [-0.39, 0.29) is 0 Å². The highest BCUT2D eigenvalue weighted by atomic mass is 79.9. The van der Waals surface area contributed by atoms with Gasteiger partial charge in [0.1, 0.15) is 0 Å². The average molecular weight is 370 g/mol. The van der Waals surface area contributed by atoms with Gasteiger partial charge in [-0.05, 0) is 41.1 Å². The number of benzene rings is 1. The van der Waals surface area contributed by atoms with Crippen LogP contribution < -0.4 is 0 Å². The minimum atomic E-state index is 0.377. The molecule has 0 saturated heterocycles. The lowest BCUT2D eigenvalue weighted by atomic mass is 9.90. The maximum Gasteiger partial charge on any atom is 0.0760 e. The molecule has 5 rings (SSSR count). The van der Waals surface area contributed by atoms with E-state index < -0.39 is 0 Å². The topological polar surface area (TPSA) is 20.5 Å². The van der Waals surface area contributed by atoms with Crippen LogP contribution in [-0.4, -0.2) is 28.8 Å². The summed E-state index contributed by atoms with van der Waals surface area (Å²) in [5.41, 5.74) is 5.85. The molecule has 0 N–H and O–H groups in total. The Morgan fingerprint density at radius 3 is 3.09 bits per heavy atom. The molecule has 2 unspecified atom stereocenters. The van der Waals surface area contributed by atoms with Gasteiger partial charge >= 0.3 is 0 Å². The molecule has 3 nitrogen and oxygen atoms in total. The Morgan fingerprint density at radius 1 is 1.26 bits per heavy atom. The van der Waals surface area contributed by atoms with E-state index >= 15 is 0 Å². The molecule has 3 aliphatic rings. The van der Waals surface area contributed by atoms with E-state index in [1.165, 1.54) is 45.9 Å². The van der Waals surface area contributed by atoms with Crippen LogP contribution in [0.15, 0.2) is 39.6 Å². The summed E-state index contributed by atoms with van der Waals surface area (Å²) in [5.74, 6) is 0.768. The summed E-state index contributed by atoms with van der Waals surface area (Å²) in [6, 6.07) is 7.09. The lowest BCUT2D eigenvalue weighted by Gasteiger charge is -2.38. The van der Waals surface area contributed by atoms with Crippen LogP contribution in [0.2, 0.25) is 0 Å². The van der Waals surface area contributed by atoms with E-state index in [4.69, 9.17) is 0 Å². The molecule has 23 heavy (non-hydrogen) atoms. The van der Waals surface area contributed by atoms with Crippen LogP contribution in [0.4, 0.5) is 0 Å². The van der Waals surface area contributed by atoms with Gasteiger partial charge < -0.3 is 9.47 Å². The Hall–Kier alpha value is -1.55. The van der Waals surface area contributed by atoms with Crippen LogP contribution in [0.5, 0.6) is 0 Å². The minimum absolute atomic E-state index is 0.377. The van der Waals surface area contributed by atoms with Crippen molar-refractivity contribution in [3.63, 3.8) is 0 Å². The summed E-state index contributed by atoms with van der Waals surface area (Å²) < 4.78 is 3.67. The lowest BCUT2D eigenvalue weighted by Crippen LogP contribution is -2.36. The molecule has 3 heterocycles. The van der Waals surface area contributed by atoms with Crippen LogP contribution in [0.3, 0.4) is 0 Å². The number of para-hydroxylation sites is 1. The van der Waals surface area contributed by atoms with Crippen molar-refractivity contribution in [2.24, 2.45) is 10.9 Å². The van der Waals surface area contributed by atoms with Crippen LogP contribution in [0.1, 0.15) is 37.8 Å². The molecule has 0 bridgehead atoms. The van der Waals surface area contributed by atoms with Gasteiger partial charge in [-0.2, -0.15) is 0 Å². The number of rotatable bonds is 0. The third kappa shape index (κ3) is 1.90. The van der Waals surface area contributed by atoms with E-state index in [9.17, 15) is 0 Å². The molecule has 1 aromatic carbocycles. The molecule has 1 aliphatic carbocycles. The first kappa shape index (κ1) is 13.8. The van der Waals surface area contributed by atoms with Crippen molar-refractivity contribution in [2.45, 2.75) is 32.2 Å². The summed E-state index contributed by atoms with van der Waals surface area (Å²) in [6.07, 6.45) is 8.01. The van der Waals surface area contributed by atoms with Gasteiger partial charge in [0.25, 0.3) is 0 Å². The summed E-state index contributed by atoms with van der Waals surface area (Å²) in [6.45, 7) is 4.20. The molecule has 0 amide bonds. The number of hydrogen-bond acceptors (Lipinski definition) is 2. The SMILES string of the molecule is CC1CCC2=C(C1)N1CC=NCC1c1cccc3c(Br)cn2c13. The smallest absolute Gasteiger partial charge is 0.0760 e.